The van der Waals surface area contributed by atoms with Crippen molar-refractivity contribution in [2.45, 2.75) is 27.2 Å². The number of nitriles is 2. The zero-order chi connectivity index (χ0) is 14.2. The number of aromatic nitrogens is 1. The fourth-order valence-corrected chi connectivity index (χ4v) is 2.70. The Morgan fingerprint density at radius 3 is 2.37 bits per heavy atom. The van der Waals surface area contributed by atoms with E-state index in [4.69, 9.17) is 16.9 Å². The fourth-order valence-electron chi connectivity index (χ4n) is 2.44. The van der Waals surface area contributed by atoms with Crippen LogP contribution in [0.2, 0.25) is 5.15 Å². The summed E-state index contributed by atoms with van der Waals surface area (Å²) in [5.41, 5.74) is 1.58. The van der Waals surface area contributed by atoms with E-state index in [2.05, 4.69) is 29.8 Å². The molecule has 1 saturated heterocycles. The molecule has 0 spiro atoms. The Morgan fingerprint density at radius 2 is 1.89 bits per heavy atom. The lowest BCUT2D eigenvalue weighted by atomic mass is 9.93. The van der Waals surface area contributed by atoms with E-state index in [1.807, 2.05) is 6.07 Å². The summed E-state index contributed by atoms with van der Waals surface area (Å²) in [6.45, 7) is 7.83. The van der Waals surface area contributed by atoms with Crippen molar-refractivity contribution in [3.63, 3.8) is 0 Å². The second-order valence-electron chi connectivity index (χ2n) is 5.66. The molecule has 1 fully saturated rings. The molecule has 2 rings (SSSR count). The van der Waals surface area contributed by atoms with E-state index >= 15 is 0 Å². The van der Waals surface area contributed by atoms with Crippen LogP contribution in [0.4, 0.5) is 5.82 Å². The minimum Gasteiger partial charge on any atom is -0.355 e. The zero-order valence-corrected chi connectivity index (χ0v) is 12.0. The molecule has 4 nitrogen and oxygen atoms in total. The Hall–Kier alpha value is -1.78. The summed E-state index contributed by atoms with van der Waals surface area (Å²) in [4.78, 5) is 6.35. The van der Waals surface area contributed by atoms with E-state index in [0.717, 1.165) is 19.5 Å². The number of hydrogen-bond donors (Lipinski definition) is 0. The van der Waals surface area contributed by atoms with Crippen LogP contribution in [0.5, 0.6) is 0 Å². The largest absolute Gasteiger partial charge is 0.355 e. The van der Waals surface area contributed by atoms with E-state index in [9.17, 15) is 5.26 Å². The van der Waals surface area contributed by atoms with E-state index in [-0.39, 0.29) is 10.6 Å². The number of hydrogen-bond acceptors (Lipinski definition) is 4. The Morgan fingerprint density at radius 1 is 1.26 bits per heavy atom. The first-order valence-electron chi connectivity index (χ1n) is 6.15. The summed E-state index contributed by atoms with van der Waals surface area (Å²) in [5, 5.41) is 18.6. The van der Waals surface area contributed by atoms with Gasteiger partial charge in [0.05, 0.1) is 11.1 Å². The van der Waals surface area contributed by atoms with E-state index < -0.39 is 0 Å². The van der Waals surface area contributed by atoms with Crippen molar-refractivity contribution >= 4 is 17.4 Å². The Labute approximate surface area is 118 Å². The van der Waals surface area contributed by atoms with Crippen LogP contribution in [0.3, 0.4) is 0 Å². The standard InChI is InChI=1S/C14H15ClN4/c1-9-10(6-16)12(15)18-13(11(9)7-17)19-5-4-14(2,3)8-19/h4-5,8H2,1-3H3. The SMILES string of the molecule is Cc1c(C#N)c(Cl)nc(N2CCC(C)(C)C2)c1C#N. The normalized spacial score (nSPS) is 17.1. The van der Waals surface area contributed by atoms with Gasteiger partial charge in [0.15, 0.2) is 0 Å². The molecule has 0 unspecified atom stereocenters. The molecule has 2 heterocycles. The molecule has 19 heavy (non-hydrogen) atoms. The van der Waals surface area contributed by atoms with Crippen LogP contribution in [0, 0.1) is 35.0 Å². The molecule has 0 aliphatic carbocycles. The fraction of sp³-hybridized carbons (Fsp3) is 0.500. The number of pyridine rings is 1. The van der Waals surface area contributed by atoms with Gasteiger partial charge in [0.25, 0.3) is 0 Å². The second-order valence-corrected chi connectivity index (χ2v) is 6.02. The van der Waals surface area contributed by atoms with Gasteiger partial charge in [-0.2, -0.15) is 10.5 Å². The molecular formula is C14H15ClN4. The quantitative estimate of drug-likeness (QED) is 0.739. The Balaban J connectivity index is 2.54. The van der Waals surface area contributed by atoms with Crippen LogP contribution < -0.4 is 4.90 Å². The van der Waals surface area contributed by atoms with Gasteiger partial charge in [-0.25, -0.2) is 4.98 Å². The number of halogens is 1. The molecule has 0 amide bonds. The number of nitrogens with zero attached hydrogens (tertiary/aromatic N) is 4. The van der Waals surface area contributed by atoms with Crippen molar-refractivity contribution in [1.29, 1.82) is 10.5 Å². The van der Waals surface area contributed by atoms with Gasteiger partial charge in [-0.15, -0.1) is 0 Å². The molecule has 0 atom stereocenters. The molecular weight excluding hydrogens is 260 g/mol. The molecule has 1 aromatic heterocycles. The molecule has 1 aliphatic heterocycles. The van der Waals surface area contributed by atoms with Crippen LogP contribution in [-0.4, -0.2) is 18.1 Å². The number of anilines is 1. The maximum absolute atomic E-state index is 9.33. The minimum absolute atomic E-state index is 0.179. The van der Waals surface area contributed by atoms with Gasteiger partial charge >= 0.3 is 0 Å². The predicted molar refractivity (Wildman–Crippen MR) is 74.0 cm³/mol. The first-order valence-corrected chi connectivity index (χ1v) is 6.52. The third kappa shape index (κ3) is 2.37. The summed E-state index contributed by atoms with van der Waals surface area (Å²) < 4.78 is 0. The average Bonchev–Trinajstić information content (AvgIpc) is 2.69. The molecule has 1 aromatic rings. The lowest BCUT2D eigenvalue weighted by molar-refractivity contribution is 0.418. The van der Waals surface area contributed by atoms with Gasteiger partial charge < -0.3 is 4.90 Å². The lowest BCUT2D eigenvalue weighted by Crippen LogP contribution is -2.25. The summed E-state index contributed by atoms with van der Waals surface area (Å²) in [5.74, 6) is 0.606. The zero-order valence-electron chi connectivity index (χ0n) is 11.3. The van der Waals surface area contributed by atoms with Crippen LogP contribution in [0.25, 0.3) is 0 Å². The first kappa shape index (κ1) is 13.6. The van der Waals surface area contributed by atoms with Crippen LogP contribution in [0.15, 0.2) is 0 Å². The maximum Gasteiger partial charge on any atom is 0.149 e. The summed E-state index contributed by atoms with van der Waals surface area (Å²) in [7, 11) is 0. The maximum atomic E-state index is 9.33. The predicted octanol–water partition coefficient (Wildman–Crippen LogP) is 3.02. The van der Waals surface area contributed by atoms with Crippen molar-refractivity contribution in [2.24, 2.45) is 5.41 Å². The van der Waals surface area contributed by atoms with Crippen LogP contribution >= 0.6 is 11.6 Å². The average molecular weight is 275 g/mol. The third-order valence-electron chi connectivity index (χ3n) is 3.58. The lowest BCUT2D eigenvalue weighted by Gasteiger charge is -2.22. The molecule has 0 saturated carbocycles. The van der Waals surface area contributed by atoms with Crippen molar-refractivity contribution in [3.05, 3.63) is 21.8 Å². The smallest absolute Gasteiger partial charge is 0.149 e. The first-order chi connectivity index (χ1) is 8.89. The Bertz CT molecular complexity index is 607. The molecule has 5 heteroatoms. The van der Waals surface area contributed by atoms with E-state index in [0.29, 0.717) is 22.5 Å². The van der Waals surface area contributed by atoms with Crippen LogP contribution in [0.1, 0.15) is 37.0 Å². The van der Waals surface area contributed by atoms with E-state index in [1.54, 1.807) is 6.92 Å². The van der Waals surface area contributed by atoms with Crippen LogP contribution in [-0.2, 0) is 0 Å². The minimum atomic E-state index is 0.179. The number of rotatable bonds is 1. The highest BCUT2D eigenvalue weighted by molar-refractivity contribution is 6.30. The van der Waals surface area contributed by atoms with Gasteiger partial charge in [0, 0.05) is 13.1 Å². The van der Waals surface area contributed by atoms with Crippen molar-refractivity contribution in [1.82, 2.24) is 4.98 Å². The molecule has 98 valence electrons. The molecule has 1 aliphatic rings. The second kappa shape index (κ2) is 4.72. The van der Waals surface area contributed by atoms with Crippen molar-refractivity contribution < 1.29 is 0 Å². The highest BCUT2D eigenvalue weighted by Crippen LogP contribution is 2.35. The highest BCUT2D eigenvalue weighted by atomic mass is 35.5. The molecule has 0 radical (unpaired) electrons. The van der Waals surface area contributed by atoms with Gasteiger partial charge in [-0.1, -0.05) is 25.4 Å². The molecule has 0 N–H and O–H groups in total. The topological polar surface area (TPSA) is 63.7 Å². The summed E-state index contributed by atoms with van der Waals surface area (Å²) >= 11 is 6.04. The van der Waals surface area contributed by atoms with E-state index in [1.165, 1.54) is 0 Å². The van der Waals surface area contributed by atoms with Crippen molar-refractivity contribution in [2.75, 3.05) is 18.0 Å². The molecule has 0 aromatic carbocycles. The molecule has 0 bridgehead atoms. The van der Waals surface area contributed by atoms with Crippen molar-refractivity contribution in [3.8, 4) is 12.1 Å². The summed E-state index contributed by atoms with van der Waals surface area (Å²) in [6.07, 6.45) is 1.05. The monoisotopic (exact) mass is 274 g/mol. The van der Waals surface area contributed by atoms with Gasteiger partial charge in [-0.3, -0.25) is 0 Å². The Kier molecular flexibility index (Phi) is 3.39. The highest BCUT2D eigenvalue weighted by Gasteiger charge is 2.32. The summed E-state index contributed by atoms with van der Waals surface area (Å²) in [6, 6.07) is 4.16. The van der Waals surface area contributed by atoms with Gasteiger partial charge in [0.2, 0.25) is 0 Å². The van der Waals surface area contributed by atoms with Gasteiger partial charge in [0.1, 0.15) is 23.1 Å². The van der Waals surface area contributed by atoms with Gasteiger partial charge in [-0.05, 0) is 24.3 Å². The third-order valence-corrected chi connectivity index (χ3v) is 3.86.